The first-order valence-corrected chi connectivity index (χ1v) is 9.84. The lowest BCUT2D eigenvalue weighted by Crippen LogP contribution is -2.14. The quantitative estimate of drug-likeness (QED) is 0.640. The molecule has 2 aromatic carbocycles. The maximum atomic E-state index is 12.6. The van der Waals surface area contributed by atoms with Crippen LogP contribution in [0, 0.1) is 0 Å². The molecule has 0 unspecified atom stereocenters. The highest BCUT2D eigenvalue weighted by atomic mass is 79.9. The maximum absolute atomic E-state index is 12.6. The van der Waals surface area contributed by atoms with E-state index in [0.29, 0.717) is 5.69 Å². The second-order valence-corrected chi connectivity index (χ2v) is 9.31. The van der Waals surface area contributed by atoms with Crippen LogP contribution >= 0.6 is 15.9 Å². The molecule has 1 aromatic heterocycles. The molecule has 0 aliphatic carbocycles. The lowest BCUT2D eigenvalue weighted by Gasteiger charge is -2.19. The van der Waals surface area contributed by atoms with Crippen LogP contribution in [0.5, 0.6) is 0 Å². The normalized spacial score (nSPS) is 12.5. The van der Waals surface area contributed by atoms with Crippen molar-refractivity contribution in [2.45, 2.75) is 31.1 Å². The van der Waals surface area contributed by atoms with Crippen molar-refractivity contribution >= 4 is 42.5 Å². The van der Waals surface area contributed by atoms with Crippen LogP contribution in [0.3, 0.4) is 0 Å². The number of hydrogen-bond donors (Lipinski definition) is 2. The molecule has 126 valence electrons. The van der Waals surface area contributed by atoms with E-state index in [2.05, 4.69) is 46.4 Å². The number of aromatic amines is 1. The van der Waals surface area contributed by atoms with E-state index in [1.54, 1.807) is 24.3 Å². The molecule has 0 spiro atoms. The molecule has 3 rings (SSSR count). The zero-order chi connectivity index (χ0) is 17.5. The second kappa shape index (κ2) is 5.93. The largest absolute Gasteiger partial charge is 0.360 e. The smallest absolute Gasteiger partial charge is 0.261 e. The molecule has 24 heavy (non-hydrogen) atoms. The Morgan fingerprint density at radius 3 is 2.33 bits per heavy atom. The third-order valence-corrected chi connectivity index (χ3v) is 5.97. The summed E-state index contributed by atoms with van der Waals surface area (Å²) in [6.45, 7) is 6.29. The van der Waals surface area contributed by atoms with Gasteiger partial charge in [0, 0.05) is 27.3 Å². The first-order valence-electron chi connectivity index (χ1n) is 7.57. The SMILES string of the molecule is CC(C)(C)c1ccc(S(=O)(=O)Nc2ccc3[nH]cc(Br)c3c2)cc1. The zero-order valence-electron chi connectivity index (χ0n) is 13.7. The standard InChI is InChI=1S/C18H19BrN2O2S/c1-18(2,3)12-4-7-14(8-5-12)24(22,23)21-13-6-9-17-15(10-13)16(19)11-20-17/h4-11,20-21H,1-3H3. The molecule has 1 heterocycles. The van der Waals surface area contributed by atoms with Gasteiger partial charge in [0.05, 0.1) is 4.90 Å². The van der Waals surface area contributed by atoms with Crippen LogP contribution in [-0.2, 0) is 15.4 Å². The van der Waals surface area contributed by atoms with Gasteiger partial charge in [0.15, 0.2) is 0 Å². The number of fused-ring (bicyclic) bond motifs is 1. The van der Waals surface area contributed by atoms with Crippen LogP contribution in [0.2, 0.25) is 0 Å². The molecular weight excluding hydrogens is 388 g/mol. The number of aromatic nitrogens is 1. The minimum atomic E-state index is -3.62. The molecule has 0 saturated carbocycles. The van der Waals surface area contributed by atoms with Gasteiger partial charge in [0.25, 0.3) is 10.0 Å². The second-order valence-electron chi connectivity index (χ2n) is 6.78. The number of hydrogen-bond acceptors (Lipinski definition) is 2. The van der Waals surface area contributed by atoms with Gasteiger partial charge in [-0.3, -0.25) is 4.72 Å². The Hall–Kier alpha value is -1.79. The van der Waals surface area contributed by atoms with Crippen LogP contribution in [0.25, 0.3) is 10.9 Å². The van der Waals surface area contributed by atoms with E-state index in [-0.39, 0.29) is 10.3 Å². The summed E-state index contributed by atoms with van der Waals surface area (Å²) in [7, 11) is -3.62. The fourth-order valence-electron chi connectivity index (χ4n) is 2.50. The lowest BCUT2D eigenvalue weighted by molar-refractivity contribution is 0.587. The molecule has 0 aliphatic heterocycles. The van der Waals surface area contributed by atoms with Crippen molar-refractivity contribution in [3.8, 4) is 0 Å². The Labute approximate surface area is 150 Å². The molecule has 2 N–H and O–H groups in total. The molecule has 0 aliphatic rings. The van der Waals surface area contributed by atoms with Crippen molar-refractivity contribution in [3.05, 3.63) is 58.7 Å². The molecule has 0 amide bonds. The number of anilines is 1. The van der Waals surface area contributed by atoms with Gasteiger partial charge in [-0.05, 0) is 57.2 Å². The van der Waals surface area contributed by atoms with E-state index >= 15 is 0 Å². The number of benzene rings is 2. The van der Waals surface area contributed by atoms with Crippen molar-refractivity contribution in [3.63, 3.8) is 0 Å². The molecule has 3 aromatic rings. The van der Waals surface area contributed by atoms with Gasteiger partial charge in [0.1, 0.15) is 0 Å². The summed E-state index contributed by atoms with van der Waals surface area (Å²) in [4.78, 5) is 3.36. The first-order chi connectivity index (χ1) is 11.2. The monoisotopic (exact) mass is 406 g/mol. The van der Waals surface area contributed by atoms with Gasteiger partial charge < -0.3 is 4.98 Å². The fraction of sp³-hybridized carbons (Fsp3) is 0.222. The summed E-state index contributed by atoms with van der Waals surface area (Å²) in [5, 5.41) is 0.929. The van der Waals surface area contributed by atoms with Crippen molar-refractivity contribution < 1.29 is 8.42 Å². The van der Waals surface area contributed by atoms with Crippen molar-refractivity contribution in [2.24, 2.45) is 0 Å². The topological polar surface area (TPSA) is 62.0 Å². The van der Waals surface area contributed by atoms with E-state index in [1.165, 1.54) is 0 Å². The minimum Gasteiger partial charge on any atom is -0.360 e. The van der Waals surface area contributed by atoms with Crippen LogP contribution in [0.15, 0.2) is 58.0 Å². The lowest BCUT2D eigenvalue weighted by atomic mass is 9.87. The van der Waals surface area contributed by atoms with Crippen molar-refractivity contribution in [1.29, 1.82) is 0 Å². The van der Waals surface area contributed by atoms with Gasteiger partial charge in [-0.15, -0.1) is 0 Å². The van der Waals surface area contributed by atoms with E-state index < -0.39 is 10.0 Å². The van der Waals surface area contributed by atoms with Gasteiger partial charge in [-0.2, -0.15) is 0 Å². The Bertz CT molecular complexity index is 984. The Balaban J connectivity index is 1.91. The van der Waals surface area contributed by atoms with E-state index in [4.69, 9.17) is 0 Å². The van der Waals surface area contributed by atoms with Crippen molar-refractivity contribution in [2.75, 3.05) is 4.72 Å². The average molecular weight is 407 g/mol. The van der Waals surface area contributed by atoms with E-state index in [9.17, 15) is 8.42 Å². The molecule has 0 atom stereocenters. The van der Waals surface area contributed by atoms with Crippen LogP contribution in [0.4, 0.5) is 5.69 Å². The zero-order valence-corrected chi connectivity index (χ0v) is 16.1. The number of sulfonamides is 1. The third-order valence-electron chi connectivity index (χ3n) is 3.91. The Kier molecular flexibility index (Phi) is 4.21. The number of H-pyrrole nitrogens is 1. The summed E-state index contributed by atoms with van der Waals surface area (Å²) in [5.74, 6) is 0. The predicted octanol–water partition coefficient (Wildman–Crippen LogP) is 5.03. The van der Waals surface area contributed by atoms with Gasteiger partial charge in [-0.25, -0.2) is 8.42 Å². The van der Waals surface area contributed by atoms with Crippen LogP contribution in [-0.4, -0.2) is 13.4 Å². The average Bonchev–Trinajstić information content (AvgIpc) is 2.87. The maximum Gasteiger partial charge on any atom is 0.261 e. The number of halogens is 1. The van der Waals surface area contributed by atoms with Gasteiger partial charge in [0.2, 0.25) is 0 Å². The van der Waals surface area contributed by atoms with Gasteiger partial charge >= 0.3 is 0 Å². The summed E-state index contributed by atoms with van der Waals surface area (Å²) in [6, 6.07) is 12.4. The first kappa shape index (κ1) is 17.0. The number of rotatable bonds is 3. The third kappa shape index (κ3) is 3.35. The molecule has 4 nitrogen and oxygen atoms in total. The highest BCUT2D eigenvalue weighted by Gasteiger charge is 2.18. The summed E-state index contributed by atoms with van der Waals surface area (Å²) in [6.07, 6.45) is 1.83. The highest BCUT2D eigenvalue weighted by molar-refractivity contribution is 9.10. The van der Waals surface area contributed by atoms with Crippen LogP contribution in [0.1, 0.15) is 26.3 Å². The van der Waals surface area contributed by atoms with Gasteiger partial charge in [-0.1, -0.05) is 32.9 Å². The Morgan fingerprint density at radius 1 is 1.04 bits per heavy atom. The van der Waals surface area contributed by atoms with E-state index in [1.807, 2.05) is 24.4 Å². The minimum absolute atomic E-state index is 0.0126. The van der Waals surface area contributed by atoms with E-state index in [0.717, 1.165) is 20.9 Å². The van der Waals surface area contributed by atoms with Crippen molar-refractivity contribution in [1.82, 2.24) is 4.98 Å². The summed E-state index contributed by atoms with van der Waals surface area (Å²) < 4.78 is 28.7. The summed E-state index contributed by atoms with van der Waals surface area (Å²) >= 11 is 3.44. The molecule has 6 heteroatoms. The molecular formula is C18H19BrN2O2S. The predicted molar refractivity (Wildman–Crippen MR) is 102 cm³/mol. The fourth-order valence-corrected chi connectivity index (χ4v) is 3.99. The van der Waals surface area contributed by atoms with Crippen LogP contribution < -0.4 is 4.72 Å². The highest BCUT2D eigenvalue weighted by Crippen LogP contribution is 2.28. The number of nitrogens with one attached hydrogen (secondary N) is 2. The molecule has 0 saturated heterocycles. The summed E-state index contributed by atoms with van der Waals surface area (Å²) in [5.41, 5.74) is 2.56. The Morgan fingerprint density at radius 2 is 1.71 bits per heavy atom. The molecule has 0 radical (unpaired) electrons. The molecule has 0 bridgehead atoms. The molecule has 0 fully saturated rings.